The number of carbonyl (C=O) groups is 2. The van der Waals surface area contributed by atoms with Crippen molar-refractivity contribution in [2.24, 2.45) is 5.92 Å². The zero-order valence-electron chi connectivity index (χ0n) is 20.8. The monoisotopic (exact) mass is 560 g/mol. The van der Waals surface area contributed by atoms with Crippen LogP contribution in [0.5, 0.6) is 11.5 Å². The summed E-state index contributed by atoms with van der Waals surface area (Å²) in [6.07, 6.45) is 3.17. The number of urea groups is 1. The fraction of sp³-hybridized carbons (Fsp3) is 0.462. The number of likely N-dealkylation sites (tertiary alicyclic amines) is 1. The Balaban J connectivity index is 1.63. The van der Waals surface area contributed by atoms with Crippen molar-refractivity contribution in [1.29, 1.82) is 0 Å². The molecule has 0 aliphatic carbocycles. The zero-order valence-corrected chi connectivity index (χ0v) is 22.4. The summed E-state index contributed by atoms with van der Waals surface area (Å²) in [5, 5.41) is 17.7. The van der Waals surface area contributed by atoms with Gasteiger partial charge in [0.15, 0.2) is 0 Å². The summed E-state index contributed by atoms with van der Waals surface area (Å²) in [6.45, 7) is 5.61. The normalized spacial score (nSPS) is 22.0. The number of anilines is 2. The molecular weight excluding hydrogens is 528 g/mol. The van der Waals surface area contributed by atoms with E-state index < -0.39 is 17.7 Å². The SMILES string of the molecule is COc1ccc(N2C(=O)Nc3ccc(Br)cc3[C@]2(O)C(=O)NCCCN2CCC[C@H](C)C2)c(OC)c1. The van der Waals surface area contributed by atoms with Gasteiger partial charge in [0.1, 0.15) is 11.5 Å². The van der Waals surface area contributed by atoms with E-state index in [1.54, 1.807) is 36.4 Å². The van der Waals surface area contributed by atoms with Gasteiger partial charge in [-0.2, -0.15) is 0 Å². The maximum Gasteiger partial charge on any atom is 0.329 e. The number of fused-ring (bicyclic) bond motifs is 1. The molecule has 2 heterocycles. The van der Waals surface area contributed by atoms with Crippen LogP contribution in [0.4, 0.5) is 16.2 Å². The summed E-state index contributed by atoms with van der Waals surface area (Å²) in [7, 11) is 2.97. The Hall–Kier alpha value is -2.82. The number of carbonyl (C=O) groups excluding carboxylic acids is 2. The van der Waals surface area contributed by atoms with Crippen LogP contribution in [0.2, 0.25) is 0 Å². The molecule has 2 aliphatic rings. The first kappa shape index (κ1) is 26.2. The van der Waals surface area contributed by atoms with Gasteiger partial charge in [-0.25, -0.2) is 9.69 Å². The van der Waals surface area contributed by atoms with Gasteiger partial charge in [-0.1, -0.05) is 22.9 Å². The molecule has 2 aromatic carbocycles. The molecule has 0 saturated carbocycles. The van der Waals surface area contributed by atoms with Gasteiger partial charge in [0, 0.05) is 29.2 Å². The Morgan fingerprint density at radius 2 is 2.06 bits per heavy atom. The van der Waals surface area contributed by atoms with Crippen molar-refractivity contribution in [2.45, 2.75) is 31.9 Å². The van der Waals surface area contributed by atoms with Crippen molar-refractivity contribution in [2.75, 3.05) is 50.6 Å². The minimum Gasteiger partial charge on any atom is -0.497 e. The first-order valence-corrected chi connectivity index (χ1v) is 12.9. The highest BCUT2D eigenvalue weighted by molar-refractivity contribution is 9.10. The molecule has 1 saturated heterocycles. The minimum absolute atomic E-state index is 0.223. The number of aliphatic hydroxyl groups is 1. The largest absolute Gasteiger partial charge is 0.497 e. The maximum absolute atomic E-state index is 13.7. The Kier molecular flexibility index (Phi) is 8.07. The van der Waals surface area contributed by atoms with Crippen LogP contribution in [0, 0.1) is 5.92 Å². The predicted octanol–water partition coefficient (Wildman–Crippen LogP) is 3.90. The Labute approximate surface area is 219 Å². The number of halogens is 1. The molecule has 2 aromatic rings. The standard InChI is InChI=1S/C26H33BrN4O5/c1-17-6-4-12-30(16-17)13-5-11-28-24(32)26(34)20-14-18(27)7-9-21(20)29-25(33)31(26)22-10-8-19(35-2)15-23(22)36-3/h7-10,14-15,17,34H,4-6,11-13,16H2,1-3H3,(H,28,32)(H,29,33)/t17-,26-/m0/s1. The molecule has 4 rings (SSSR count). The van der Waals surface area contributed by atoms with E-state index in [-0.39, 0.29) is 17.0 Å². The number of nitrogens with one attached hydrogen (secondary N) is 2. The summed E-state index contributed by atoms with van der Waals surface area (Å²) in [6, 6.07) is 9.17. The average Bonchev–Trinajstić information content (AvgIpc) is 2.87. The lowest BCUT2D eigenvalue weighted by atomic mass is 9.94. The summed E-state index contributed by atoms with van der Waals surface area (Å²) in [5.74, 6) is 0.768. The van der Waals surface area contributed by atoms with Crippen molar-refractivity contribution in [3.05, 3.63) is 46.4 Å². The van der Waals surface area contributed by atoms with Crippen LogP contribution >= 0.6 is 15.9 Å². The number of hydrogen-bond acceptors (Lipinski definition) is 6. The van der Waals surface area contributed by atoms with E-state index in [1.165, 1.54) is 27.1 Å². The van der Waals surface area contributed by atoms with Crippen LogP contribution in [0.1, 0.15) is 31.7 Å². The van der Waals surface area contributed by atoms with Crippen molar-refractivity contribution in [3.8, 4) is 11.5 Å². The van der Waals surface area contributed by atoms with Crippen molar-refractivity contribution in [1.82, 2.24) is 10.2 Å². The number of nitrogens with zero attached hydrogens (tertiary/aromatic N) is 2. The molecule has 2 aliphatic heterocycles. The summed E-state index contributed by atoms with van der Waals surface area (Å²) in [5.41, 5.74) is -1.49. The smallest absolute Gasteiger partial charge is 0.329 e. The van der Waals surface area contributed by atoms with Gasteiger partial charge in [-0.05, 0) is 68.6 Å². The second-order valence-corrected chi connectivity index (χ2v) is 10.2. The molecule has 9 nitrogen and oxygen atoms in total. The molecule has 2 atom stereocenters. The van der Waals surface area contributed by atoms with Crippen LogP contribution in [0.25, 0.3) is 0 Å². The number of rotatable bonds is 8. The second kappa shape index (κ2) is 11.1. The highest BCUT2D eigenvalue weighted by atomic mass is 79.9. The average molecular weight is 561 g/mol. The van der Waals surface area contributed by atoms with E-state index in [9.17, 15) is 14.7 Å². The number of methoxy groups -OCH3 is 2. The van der Waals surface area contributed by atoms with Crippen LogP contribution in [-0.4, -0.2) is 62.3 Å². The van der Waals surface area contributed by atoms with Gasteiger partial charge in [0.05, 0.1) is 25.6 Å². The lowest BCUT2D eigenvalue weighted by molar-refractivity contribution is -0.140. The lowest BCUT2D eigenvalue weighted by Gasteiger charge is -2.43. The van der Waals surface area contributed by atoms with E-state index in [2.05, 4.69) is 38.4 Å². The number of piperidine rings is 1. The van der Waals surface area contributed by atoms with E-state index in [0.717, 1.165) is 31.0 Å². The molecule has 3 N–H and O–H groups in total. The molecule has 0 spiro atoms. The van der Waals surface area contributed by atoms with E-state index in [0.29, 0.717) is 28.4 Å². The quantitative estimate of drug-likeness (QED) is 0.423. The fourth-order valence-electron chi connectivity index (χ4n) is 4.95. The molecule has 0 bridgehead atoms. The first-order valence-electron chi connectivity index (χ1n) is 12.1. The van der Waals surface area contributed by atoms with Gasteiger partial charge in [-0.3, -0.25) is 4.79 Å². The van der Waals surface area contributed by atoms with E-state index in [1.807, 2.05) is 0 Å². The van der Waals surface area contributed by atoms with Gasteiger partial charge >= 0.3 is 6.03 Å². The Morgan fingerprint density at radius 1 is 1.25 bits per heavy atom. The maximum atomic E-state index is 13.7. The Bertz CT molecular complexity index is 1130. The highest BCUT2D eigenvalue weighted by Gasteiger charge is 2.52. The lowest BCUT2D eigenvalue weighted by Crippen LogP contribution is -2.62. The second-order valence-electron chi connectivity index (χ2n) is 9.32. The van der Waals surface area contributed by atoms with Gasteiger partial charge in [0.25, 0.3) is 11.6 Å². The summed E-state index contributed by atoms with van der Waals surface area (Å²) < 4.78 is 11.4. The predicted molar refractivity (Wildman–Crippen MR) is 142 cm³/mol. The third-order valence-electron chi connectivity index (χ3n) is 6.75. The topological polar surface area (TPSA) is 103 Å². The van der Waals surface area contributed by atoms with Crippen LogP contribution in [0.15, 0.2) is 40.9 Å². The number of amides is 3. The van der Waals surface area contributed by atoms with E-state index >= 15 is 0 Å². The highest BCUT2D eigenvalue weighted by Crippen LogP contribution is 2.44. The minimum atomic E-state index is -2.32. The molecule has 0 unspecified atom stereocenters. The van der Waals surface area contributed by atoms with Gasteiger partial charge in [-0.15, -0.1) is 0 Å². The van der Waals surface area contributed by atoms with Gasteiger partial charge < -0.3 is 30.1 Å². The van der Waals surface area contributed by atoms with Gasteiger partial charge in [0.2, 0.25) is 0 Å². The molecule has 0 aromatic heterocycles. The van der Waals surface area contributed by atoms with Crippen LogP contribution in [-0.2, 0) is 10.5 Å². The van der Waals surface area contributed by atoms with Crippen molar-refractivity contribution >= 4 is 39.2 Å². The molecule has 10 heteroatoms. The summed E-state index contributed by atoms with van der Waals surface area (Å²) in [4.78, 5) is 30.4. The summed E-state index contributed by atoms with van der Waals surface area (Å²) >= 11 is 3.42. The zero-order chi connectivity index (χ0) is 25.9. The number of hydrogen-bond donors (Lipinski definition) is 3. The van der Waals surface area contributed by atoms with Crippen molar-refractivity contribution < 1.29 is 24.2 Å². The van der Waals surface area contributed by atoms with Crippen LogP contribution in [0.3, 0.4) is 0 Å². The first-order chi connectivity index (χ1) is 17.3. The molecule has 3 amide bonds. The van der Waals surface area contributed by atoms with E-state index in [4.69, 9.17) is 9.47 Å². The molecule has 0 radical (unpaired) electrons. The molecule has 194 valence electrons. The number of benzene rings is 2. The third-order valence-corrected chi connectivity index (χ3v) is 7.24. The number of ether oxygens (including phenoxy) is 2. The molecular formula is C26H33BrN4O5. The molecule has 36 heavy (non-hydrogen) atoms. The Morgan fingerprint density at radius 3 is 2.78 bits per heavy atom. The van der Waals surface area contributed by atoms with Crippen LogP contribution < -0.4 is 25.0 Å². The molecule has 1 fully saturated rings. The third kappa shape index (κ3) is 5.16. The fourth-order valence-corrected chi connectivity index (χ4v) is 5.31. The van der Waals surface area contributed by atoms with Crippen molar-refractivity contribution in [3.63, 3.8) is 0 Å².